The fraction of sp³-hybridized carbons (Fsp3) is 0.562. The van der Waals surface area contributed by atoms with Crippen LogP contribution in [0.2, 0.25) is 0 Å². The third-order valence-corrected chi connectivity index (χ3v) is 4.88. The van der Waals surface area contributed by atoms with Gasteiger partial charge in [-0.25, -0.2) is 0 Å². The summed E-state index contributed by atoms with van der Waals surface area (Å²) in [5.74, 6) is -0.0511. The summed E-state index contributed by atoms with van der Waals surface area (Å²) < 4.78 is 50.4. The van der Waals surface area contributed by atoms with Gasteiger partial charge in [0.25, 0.3) is 0 Å². The molecular formula is C16H20F3IN2O4. The molecule has 2 rings (SSSR count). The molecular weight excluding hydrogens is 468 g/mol. The van der Waals surface area contributed by atoms with E-state index in [1.165, 1.54) is 0 Å². The Labute approximate surface area is 162 Å². The number of aliphatic hydroxyl groups excluding tert-OH is 1. The van der Waals surface area contributed by atoms with Gasteiger partial charge in [-0.05, 0) is 46.9 Å². The van der Waals surface area contributed by atoms with Crippen LogP contribution in [0.4, 0.5) is 13.2 Å². The molecule has 1 saturated heterocycles. The van der Waals surface area contributed by atoms with Crippen LogP contribution in [0.3, 0.4) is 0 Å². The number of carbonyl (C=O) groups excluding carboxylic acids is 1. The fourth-order valence-corrected chi connectivity index (χ4v) is 2.92. The van der Waals surface area contributed by atoms with Crippen molar-refractivity contribution in [2.24, 2.45) is 0 Å². The molecule has 1 aliphatic heterocycles. The maximum atomic E-state index is 13.1. The second-order valence-electron chi connectivity index (χ2n) is 6.00. The van der Waals surface area contributed by atoms with E-state index in [-0.39, 0.29) is 13.2 Å². The van der Waals surface area contributed by atoms with E-state index >= 15 is 0 Å². The molecule has 0 radical (unpaired) electrons. The van der Waals surface area contributed by atoms with Crippen molar-refractivity contribution in [3.63, 3.8) is 0 Å². The van der Waals surface area contributed by atoms with E-state index in [1.807, 2.05) is 12.1 Å². The van der Waals surface area contributed by atoms with Crippen molar-refractivity contribution in [3.8, 4) is 5.75 Å². The smallest absolute Gasteiger partial charge is 0.418 e. The molecule has 0 bridgehead atoms. The summed E-state index contributed by atoms with van der Waals surface area (Å²) in [6, 6.07) is 6.14. The average molecular weight is 488 g/mol. The zero-order valence-electron chi connectivity index (χ0n) is 14.0. The number of aliphatic hydroxyl groups is 1. The standard InChI is InChI=1S/C16H20F3IN2O4/c1-25-15(16(17,18)19)6-13(22-9-15)14(24)21-7-11(23)8-26-12-4-2-10(20)3-5-12/h2-5,11,13,22-23H,6-9H2,1H3,(H,21,24)/t11?,13-,15-/m0/s1. The van der Waals surface area contributed by atoms with Gasteiger partial charge < -0.3 is 25.2 Å². The van der Waals surface area contributed by atoms with E-state index in [9.17, 15) is 23.1 Å². The third-order valence-electron chi connectivity index (χ3n) is 4.16. The molecule has 1 heterocycles. The van der Waals surface area contributed by atoms with Crippen molar-refractivity contribution < 1.29 is 32.5 Å². The Hall–Kier alpha value is -1.11. The SMILES string of the molecule is CO[C@]1(C(F)(F)F)CN[C@H](C(=O)NCC(O)COc2ccc(I)cc2)C1. The Kier molecular flexibility index (Phi) is 7.11. The Morgan fingerprint density at radius 2 is 2.12 bits per heavy atom. The molecule has 26 heavy (non-hydrogen) atoms. The normalized spacial score (nSPS) is 24.3. The van der Waals surface area contributed by atoms with Crippen LogP contribution in [0.5, 0.6) is 5.75 Å². The highest BCUT2D eigenvalue weighted by Crippen LogP contribution is 2.39. The van der Waals surface area contributed by atoms with E-state index in [0.717, 1.165) is 10.7 Å². The predicted octanol–water partition coefficient (Wildman–Crippen LogP) is 1.46. The summed E-state index contributed by atoms with van der Waals surface area (Å²) in [4.78, 5) is 12.0. The number of benzene rings is 1. The second kappa shape index (κ2) is 8.72. The van der Waals surface area contributed by atoms with Crippen molar-refractivity contribution >= 4 is 28.5 Å². The number of ether oxygens (including phenoxy) is 2. The van der Waals surface area contributed by atoms with E-state index in [0.29, 0.717) is 5.75 Å². The van der Waals surface area contributed by atoms with Gasteiger partial charge in [0.1, 0.15) is 18.5 Å². The topological polar surface area (TPSA) is 79.8 Å². The molecule has 1 fully saturated rings. The first-order valence-electron chi connectivity index (χ1n) is 7.86. The molecule has 1 aromatic rings. The number of hydrogen-bond acceptors (Lipinski definition) is 5. The van der Waals surface area contributed by atoms with Gasteiger partial charge in [0.15, 0.2) is 5.60 Å². The summed E-state index contributed by atoms with van der Waals surface area (Å²) in [6.45, 7) is -0.680. The number of amides is 1. The maximum absolute atomic E-state index is 13.1. The molecule has 3 N–H and O–H groups in total. The number of halogens is 4. The summed E-state index contributed by atoms with van der Waals surface area (Å²) in [6.07, 6.45) is -6.09. The lowest BCUT2D eigenvalue weighted by atomic mass is 9.99. The van der Waals surface area contributed by atoms with Gasteiger partial charge in [-0.1, -0.05) is 0 Å². The Morgan fingerprint density at radius 3 is 2.65 bits per heavy atom. The molecule has 0 aromatic heterocycles. The highest BCUT2D eigenvalue weighted by atomic mass is 127. The molecule has 6 nitrogen and oxygen atoms in total. The van der Waals surface area contributed by atoms with E-state index < -0.39 is 42.8 Å². The predicted molar refractivity (Wildman–Crippen MR) is 95.9 cm³/mol. The second-order valence-corrected chi connectivity index (χ2v) is 7.24. The molecule has 0 aliphatic carbocycles. The van der Waals surface area contributed by atoms with Crippen molar-refractivity contribution in [3.05, 3.63) is 27.8 Å². The number of methoxy groups -OCH3 is 1. The summed E-state index contributed by atoms with van der Waals surface area (Å²) in [7, 11) is 0.973. The van der Waals surface area contributed by atoms with Crippen LogP contribution < -0.4 is 15.4 Å². The molecule has 0 spiro atoms. The molecule has 146 valence electrons. The molecule has 3 atom stereocenters. The van der Waals surface area contributed by atoms with Gasteiger partial charge in [-0.3, -0.25) is 4.79 Å². The largest absolute Gasteiger partial charge is 0.491 e. The molecule has 1 unspecified atom stereocenters. The quantitative estimate of drug-likeness (QED) is 0.507. The first-order valence-corrected chi connectivity index (χ1v) is 8.94. The Bertz CT molecular complexity index is 615. The molecule has 10 heteroatoms. The van der Waals surface area contributed by atoms with E-state index in [1.54, 1.807) is 12.1 Å². The Balaban J connectivity index is 1.77. The lowest BCUT2D eigenvalue weighted by Crippen LogP contribution is -2.48. The minimum atomic E-state index is -4.58. The number of alkyl halides is 3. The highest BCUT2D eigenvalue weighted by molar-refractivity contribution is 14.1. The first kappa shape index (κ1) is 21.2. The zero-order chi connectivity index (χ0) is 19.4. The van der Waals surface area contributed by atoms with Gasteiger partial charge >= 0.3 is 6.18 Å². The maximum Gasteiger partial charge on any atom is 0.418 e. The van der Waals surface area contributed by atoms with Gasteiger partial charge in [0, 0.05) is 30.2 Å². The van der Waals surface area contributed by atoms with Gasteiger partial charge in [0.2, 0.25) is 5.91 Å². The molecule has 1 aliphatic rings. The lowest BCUT2D eigenvalue weighted by molar-refractivity contribution is -0.261. The highest BCUT2D eigenvalue weighted by Gasteiger charge is 2.60. The summed E-state index contributed by atoms with van der Waals surface area (Å²) in [5.41, 5.74) is -2.37. The van der Waals surface area contributed by atoms with Crippen molar-refractivity contribution in [2.75, 3.05) is 26.8 Å². The molecule has 0 saturated carbocycles. The van der Waals surface area contributed by atoms with Crippen LogP contribution in [0, 0.1) is 3.57 Å². The number of nitrogens with one attached hydrogen (secondary N) is 2. The fourth-order valence-electron chi connectivity index (χ4n) is 2.56. The molecule has 1 aromatic carbocycles. The van der Waals surface area contributed by atoms with E-state index in [2.05, 4.69) is 38.0 Å². The third kappa shape index (κ3) is 5.21. The van der Waals surface area contributed by atoms with Crippen LogP contribution >= 0.6 is 22.6 Å². The van der Waals surface area contributed by atoms with Crippen molar-refractivity contribution in [1.29, 1.82) is 0 Å². The van der Waals surface area contributed by atoms with Gasteiger partial charge in [0.05, 0.1) is 6.04 Å². The lowest BCUT2D eigenvalue weighted by Gasteiger charge is -2.29. The van der Waals surface area contributed by atoms with Crippen LogP contribution in [-0.2, 0) is 9.53 Å². The average Bonchev–Trinajstić information content (AvgIpc) is 3.05. The summed E-state index contributed by atoms with van der Waals surface area (Å²) in [5, 5.41) is 14.8. The van der Waals surface area contributed by atoms with Crippen molar-refractivity contribution in [1.82, 2.24) is 10.6 Å². The number of hydrogen-bond donors (Lipinski definition) is 3. The minimum Gasteiger partial charge on any atom is -0.491 e. The number of carbonyl (C=O) groups is 1. The van der Waals surface area contributed by atoms with Crippen LogP contribution in [0.15, 0.2) is 24.3 Å². The van der Waals surface area contributed by atoms with Crippen molar-refractivity contribution in [2.45, 2.75) is 30.3 Å². The minimum absolute atomic E-state index is 0.0521. The van der Waals surface area contributed by atoms with Gasteiger partial charge in [-0.2, -0.15) is 13.2 Å². The van der Waals surface area contributed by atoms with Crippen LogP contribution in [-0.4, -0.2) is 61.7 Å². The monoisotopic (exact) mass is 488 g/mol. The molecule has 1 amide bonds. The van der Waals surface area contributed by atoms with E-state index in [4.69, 9.17) is 4.74 Å². The Morgan fingerprint density at radius 1 is 1.46 bits per heavy atom. The number of rotatable bonds is 7. The zero-order valence-corrected chi connectivity index (χ0v) is 16.1. The van der Waals surface area contributed by atoms with Crippen LogP contribution in [0.25, 0.3) is 0 Å². The van der Waals surface area contributed by atoms with Crippen LogP contribution in [0.1, 0.15) is 6.42 Å². The summed E-state index contributed by atoms with van der Waals surface area (Å²) >= 11 is 2.15. The first-order chi connectivity index (χ1) is 12.2. The van der Waals surface area contributed by atoms with Gasteiger partial charge in [-0.15, -0.1) is 0 Å².